The number of aromatic carboxylic acids is 2. The molecule has 8 heteroatoms. The van der Waals surface area contributed by atoms with E-state index in [0.717, 1.165) is 11.5 Å². The first-order valence-corrected chi connectivity index (χ1v) is 9.36. The molecule has 0 amide bonds. The van der Waals surface area contributed by atoms with Gasteiger partial charge in [0, 0.05) is 11.6 Å². The number of carbonyl (C=O) groups excluding carboxylic acids is 1. The van der Waals surface area contributed by atoms with E-state index in [1.165, 1.54) is 36.4 Å². The summed E-state index contributed by atoms with van der Waals surface area (Å²) in [6.07, 6.45) is 1.61. The summed E-state index contributed by atoms with van der Waals surface area (Å²) in [5.41, 5.74) is 0.388. The molecule has 4 aromatic rings. The van der Waals surface area contributed by atoms with E-state index >= 15 is 0 Å². The number of carboxylic acids is 2. The fourth-order valence-electron chi connectivity index (χ4n) is 3.02. The molecule has 0 spiro atoms. The Morgan fingerprint density at radius 2 is 1.38 bits per heavy atom. The lowest BCUT2D eigenvalue weighted by Gasteiger charge is -2.09. The van der Waals surface area contributed by atoms with E-state index in [9.17, 15) is 14.4 Å². The molecule has 0 aliphatic heterocycles. The van der Waals surface area contributed by atoms with Crippen molar-refractivity contribution in [2.45, 2.75) is 0 Å². The van der Waals surface area contributed by atoms with E-state index in [1.807, 2.05) is 12.1 Å². The average molecular weight is 429 g/mol. The molecule has 32 heavy (non-hydrogen) atoms. The Morgan fingerprint density at radius 1 is 0.719 bits per heavy atom. The first-order valence-electron chi connectivity index (χ1n) is 9.36. The molecule has 0 fully saturated rings. The number of carboxylic acid groups (broad SMARTS) is 2. The first-order chi connectivity index (χ1) is 15.4. The smallest absolute Gasteiger partial charge is 0.343 e. The fourth-order valence-corrected chi connectivity index (χ4v) is 3.02. The predicted octanol–water partition coefficient (Wildman–Crippen LogP) is 4.64. The second-order valence-electron chi connectivity index (χ2n) is 6.70. The molecule has 2 N–H and O–H groups in total. The summed E-state index contributed by atoms with van der Waals surface area (Å²) in [5, 5.41) is 19.2. The molecule has 158 valence electrons. The van der Waals surface area contributed by atoms with Gasteiger partial charge in [0.05, 0.1) is 16.7 Å². The maximum Gasteiger partial charge on any atom is 0.343 e. The summed E-state index contributed by atoms with van der Waals surface area (Å²) in [5.74, 6) is -2.49. The van der Waals surface area contributed by atoms with E-state index in [0.29, 0.717) is 11.3 Å². The van der Waals surface area contributed by atoms with Crippen LogP contribution in [-0.2, 0) is 0 Å². The normalized spacial score (nSPS) is 10.5. The number of pyridine rings is 1. The molecule has 0 radical (unpaired) electrons. The number of hydrogen-bond donors (Lipinski definition) is 2. The zero-order valence-corrected chi connectivity index (χ0v) is 16.4. The summed E-state index contributed by atoms with van der Waals surface area (Å²) < 4.78 is 11.1. The number of hydrogen-bond acceptors (Lipinski definition) is 6. The maximum absolute atomic E-state index is 12.5. The van der Waals surface area contributed by atoms with Crippen LogP contribution in [0.25, 0.3) is 10.9 Å². The minimum absolute atomic E-state index is 0.0412. The van der Waals surface area contributed by atoms with E-state index in [1.54, 1.807) is 24.4 Å². The van der Waals surface area contributed by atoms with Gasteiger partial charge in [0.1, 0.15) is 17.0 Å². The van der Waals surface area contributed by atoms with Crippen molar-refractivity contribution in [1.29, 1.82) is 0 Å². The number of aromatic nitrogens is 1. The van der Waals surface area contributed by atoms with Crippen LogP contribution < -0.4 is 9.47 Å². The molecule has 0 unspecified atom stereocenters. The highest BCUT2D eigenvalue weighted by Crippen LogP contribution is 2.26. The van der Waals surface area contributed by atoms with Crippen LogP contribution in [0.5, 0.6) is 17.2 Å². The Morgan fingerprint density at radius 3 is 2.03 bits per heavy atom. The van der Waals surface area contributed by atoms with Gasteiger partial charge in [-0.1, -0.05) is 18.2 Å². The van der Waals surface area contributed by atoms with E-state index < -0.39 is 17.9 Å². The molecule has 3 aromatic carbocycles. The quantitative estimate of drug-likeness (QED) is 0.336. The largest absolute Gasteiger partial charge is 0.478 e. The molecule has 0 atom stereocenters. The Hall–Kier alpha value is -4.72. The van der Waals surface area contributed by atoms with Gasteiger partial charge in [-0.05, 0) is 54.6 Å². The highest BCUT2D eigenvalue weighted by molar-refractivity contribution is 5.95. The molecule has 0 saturated heterocycles. The van der Waals surface area contributed by atoms with E-state index in [2.05, 4.69) is 4.98 Å². The summed E-state index contributed by atoms with van der Waals surface area (Å²) >= 11 is 0. The van der Waals surface area contributed by atoms with Crippen LogP contribution in [0.15, 0.2) is 79.0 Å². The molecule has 8 nitrogen and oxygen atoms in total. The van der Waals surface area contributed by atoms with Gasteiger partial charge in [-0.2, -0.15) is 0 Å². The number of fused-ring (bicyclic) bond motifs is 1. The van der Waals surface area contributed by atoms with Gasteiger partial charge in [-0.25, -0.2) is 14.4 Å². The van der Waals surface area contributed by atoms with Crippen LogP contribution >= 0.6 is 0 Å². The number of ether oxygens (including phenoxy) is 2. The van der Waals surface area contributed by atoms with Gasteiger partial charge < -0.3 is 19.7 Å². The molecule has 1 aromatic heterocycles. The summed E-state index contributed by atoms with van der Waals surface area (Å²) in [4.78, 5) is 39.2. The molecule has 0 saturated carbocycles. The zero-order chi connectivity index (χ0) is 22.7. The number of benzene rings is 3. The van der Waals surface area contributed by atoms with Crippen molar-refractivity contribution < 1.29 is 34.1 Å². The van der Waals surface area contributed by atoms with Crippen LogP contribution in [-0.4, -0.2) is 33.1 Å². The van der Waals surface area contributed by atoms with E-state index in [4.69, 9.17) is 19.7 Å². The Kier molecular flexibility index (Phi) is 5.50. The van der Waals surface area contributed by atoms with Crippen LogP contribution in [0.3, 0.4) is 0 Å². The third-order valence-electron chi connectivity index (χ3n) is 4.52. The topological polar surface area (TPSA) is 123 Å². The highest BCUT2D eigenvalue weighted by Gasteiger charge is 2.14. The standard InChI is InChI=1S/C24H15NO7/c26-22(27)16-11-17(23(28)29)13-19(12-16)31-18-8-6-15(7-9-18)24(30)32-20-5-1-3-14-4-2-10-25-21(14)20/h1-13H,(H,26,27)(H,28,29). The van der Waals surface area contributed by atoms with Crippen LogP contribution in [0.2, 0.25) is 0 Å². The van der Waals surface area contributed by atoms with Crippen molar-refractivity contribution in [1.82, 2.24) is 4.98 Å². The molecule has 0 bridgehead atoms. The second-order valence-corrected chi connectivity index (χ2v) is 6.70. The average Bonchev–Trinajstić information content (AvgIpc) is 2.79. The Labute approximate surface area is 181 Å². The van der Waals surface area contributed by atoms with Crippen molar-refractivity contribution >= 4 is 28.8 Å². The number of carbonyl (C=O) groups is 3. The van der Waals surface area contributed by atoms with Crippen LogP contribution in [0.4, 0.5) is 0 Å². The number of nitrogens with zero attached hydrogens (tertiary/aromatic N) is 1. The van der Waals surface area contributed by atoms with Gasteiger partial charge in [0.15, 0.2) is 5.75 Å². The molecule has 0 aliphatic carbocycles. The van der Waals surface area contributed by atoms with E-state index in [-0.39, 0.29) is 28.2 Å². The van der Waals surface area contributed by atoms with Gasteiger partial charge >= 0.3 is 17.9 Å². The molecular formula is C24H15NO7. The van der Waals surface area contributed by atoms with Crippen molar-refractivity contribution in [3.8, 4) is 17.2 Å². The third kappa shape index (κ3) is 4.39. The minimum Gasteiger partial charge on any atom is -0.478 e. The van der Waals surface area contributed by atoms with Crippen LogP contribution in [0, 0.1) is 0 Å². The van der Waals surface area contributed by atoms with Crippen molar-refractivity contribution in [3.63, 3.8) is 0 Å². The monoisotopic (exact) mass is 429 g/mol. The van der Waals surface area contributed by atoms with Gasteiger partial charge in [-0.3, -0.25) is 4.98 Å². The lowest BCUT2D eigenvalue weighted by Crippen LogP contribution is -2.08. The lowest BCUT2D eigenvalue weighted by atomic mass is 10.1. The summed E-state index contributed by atoms with van der Waals surface area (Å²) in [6, 6.07) is 18.3. The van der Waals surface area contributed by atoms with Crippen LogP contribution in [0.1, 0.15) is 31.1 Å². The number of rotatable bonds is 6. The molecular weight excluding hydrogens is 414 g/mol. The zero-order valence-electron chi connectivity index (χ0n) is 16.4. The van der Waals surface area contributed by atoms with Gasteiger partial charge in [0.2, 0.25) is 0 Å². The van der Waals surface area contributed by atoms with Crippen molar-refractivity contribution in [3.05, 3.63) is 95.7 Å². The number of para-hydroxylation sites is 1. The molecule has 4 rings (SSSR count). The molecule has 0 aliphatic rings. The number of esters is 1. The lowest BCUT2D eigenvalue weighted by molar-refractivity contribution is 0.0692. The van der Waals surface area contributed by atoms with Crippen molar-refractivity contribution in [2.24, 2.45) is 0 Å². The van der Waals surface area contributed by atoms with Gasteiger partial charge in [-0.15, -0.1) is 0 Å². The Balaban J connectivity index is 1.53. The maximum atomic E-state index is 12.5. The Bertz CT molecular complexity index is 1310. The highest BCUT2D eigenvalue weighted by atomic mass is 16.5. The third-order valence-corrected chi connectivity index (χ3v) is 4.52. The SMILES string of the molecule is O=C(O)c1cc(Oc2ccc(C(=O)Oc3cccc4cccnc34)cc2)cc(C(=O)O)c1. The van der Waals surface area contributed by atoms with Gasteiger partial charge in [0.25, 0.3) is 0 Å². The summed E-state index contributed by atoms with van der Waals surface area (Å²) in [7, 11) is 0. The second kappa shape index (κ2) is 8.57. The van der Waals surface area contributed by atoms with Crippen molar-refractivity contribution in [2.75, 3.05) is 0 Å². The predicted molar refractivity (Wildman–Crippen MR) is 114 cm³/mol. The minimum atomic E-state index is -1.28. The molecule has 1 heterocycles. The first kappa shape index (κ1) is 20.5. The summed E-state index contributed by atoms with van der Waals surface area (Å²) in [6.45, 7) is 0. The fraction of sp³-hybridized carbons (Fsp3) is 0.